The van der Waals surface area contributed by atoms with Crippen LogP contribution in [0.2, 0.25) is 5.02 Å². The highest BCUT2D eigenvalue weighted by atomic mass is 35.5. The van der Waals surface area contributed by atoms with Gasteiger partial charge in [-0.25, -0.2) is 9.37 Å². The van der Waals surface area contributed by atoms with Crippen molar-refractivity contribution in [2.45, 2.75) is 32.1 Å². The van der Waals surface area contributed by atoms with E-state index in [0.717, 1.165) is 79.8 Å². The topological polar surface area (TPSA) is 49.6 Å². The van der Waals surface area contributed by atoms with E-state index in [9.17, 15) is 4.39 Å². The first-order valence-electron chi connectivity index (χ1n) is 11.9. The Hall–Kier alpha value is -3.19. The number of hydrogen-bond acceptors (Lipinski definition) is 5. The number of aromatic nitrogens is 4. The molecule has 2 aromatic heterocycles. The molecule has 1 fully saturated rings. The summed E-state index contributed by atoms with van der Waals surface area (Å²) >= 11 is 6.04. The molecule has 4 aromatic rings. The summed E-state index contributed by atoms with van der Waals surface area (Å²) in [5, 5.41) is 5.62. The van der Waals surface area contributed by atoms with E-state index >= 15 is 0 Å². The number of nitrogens with zero attached hydrogens (tertiary/aromatic N) is 6. The molecule has 2 aliphatic rings. The van der Waals surface area contributed by atoms with Crippen LogP contribution in [0.5, 0.6) is 0 Å². The zero-order chi connectivity index (χ0) is 23.1. The van der Waals surface area contributed by atoms with E-state index in [2.05, 4.69) is 9.80 Å². The van der Waals surface area contributed by atoms with Gasteiger partial charge in [-0.3, -0.25) is 0 Å². The van der Waals surface area contributed by atoms with Crippen LogP contribution in [0.25, 0.3) is 5.78 Å². The predicted molar refractivity (Wildman–Crippen MR) is 133 cm³/mol. The van der Waals surface area contributed by atoms with E-state index in [1.807, 2.05) is 40.9 Å². The van der Waals surface area contributed by atoms with Gasteiger partial charge in [0.15, 0.2) is 5.82 Å². The molecule has 0 atom stereocenters. The lowest BCUT2D eigenvalue weighted by Crippen LogP contribution is -2.48. The quantitative estimate of drug-likeness (QED) is 0.427. The molecule has 1 aliphatic carbocycles. The van der Waals surface area contributed by atoms with Crippen LogP contribution in [0.4, 0.5) is 15.9 Å². The second kappa shape index (κ2) is 8.87. The van der Waals surface area contributed by atoms with Crippen molar-refractivity contribution in [2.75, 3.05) is 36.0 Å². The minimum atomic E-state index is -0.164. The Morgan fingerprint density at radius 1 is 0.853 bits per heavy atom. The standard InChI is InChI=1S/C26H26ClFN6/c27-19-11-9-18(10-12-19)17-24-30-26-29-22-7-3-1-5-20(22)25(34(26)31-24)33-15-13-32(14-16-33)23-8-4-2-6-21(23)28/h2,4,6,8-12H,1,3,5,7,13-17H2. The zero-order valence-corrected chi connectivity index (χ0v) is 19.7. The van der Waals surface area contributed by atoms with Gasteiger partial charge in [0.05, 0.1) is 11.4 Å². The molecule has 0 spiro atoms. The summed E-state index contributed by atoms with van der Waals surface area (Å²) in [5.41, 5.74) is 4.23. The summed E-state index contributed by atoms with van der Waals surface area (Å²) in [6, 6.07) is 14.8. The van der Waals surface area contributed by atoms with Crippen LogP contribution in [0.1, 0.15) is 35.5 Å². The molecule has 1 saturated heterocycles. The van der Waals surface area contributed by atoms with Crippen molar-refractivity contribution in [2.24, 2.45) is 0 Å². The first-order valence-corrected chi connectivity index (χ1v) is 12.3. The third-order valence-corrected chi connectivity index (χ3v) is 7.08. The maximum Gasteiger partial charge on any atom is 0.254 e. The Labute approximate surface area is 203 Å². The number of para-hydroxylation sites is 1. The molecule has 0 N–H and O–H groups in total. The van der Waals surface area contributed by atoms with Crippen LogP contribution >= 0.6 is 11.6 Å². The van der Waals surface area contributed by atoms with Gasteiger partial charge in [-0.2, -0.15) is 9.50 Å². The number of fused-ring (bicyclic) bond motifs is 2. The number of halogens is 2. The van der Waals surface area contributed by atoms with Crippen molar-refractivity contribution >= 4 is 28.9 Å². The largest absolute Gasteiger partial charge is 0.366 e. The highest BCUT2D eigenvalue weighted by Crippen LogP contribution is 2.31. The third kappa shape index (κ3) is 3.98. The average Bonchev–Trinajstić information content (AvgIpc) is 3.26. The van der Waals surface area contributed by atoms with Crippen LogP contribution in [0.3, 0.4) is 0 Å². The Kier molecular flexibility index (Phi) is 5.57. The molecule has 174 valence electrons. The van der Waals surface area contributed by atoms with Crippen molar-refractivity contribution in [1.29, 1.82) is 0 Å². The molecule has 0 radical (unpaired) electrons. The van der Waals surface area contributed by atoms with Crippen molar-refractivity contribution < 1.29 is 4.39 Å². The van der Waals surface area contributed by atoms with E-state index in [1.54, 1.807) is 6.07 Å². The number of aryl methyl sites for hydroxylation is 1. The Bertz CT molecular complexity index is 1330. The van der Waals surface area contributed by atoms with Crippen LogP contribution in [-0.4, -0.2) is 45.8 Å². The maximum absolute atomic E-state index is 14.3. The van der Waals surface area contributed by atoms with Gasteiger partial charge in [-0.1, -0.05) is 35.9 Å². The van der Waals surface area contributed by atoms with Gasteiger partial charge in [0.25, 0.3) is 5.78 Å². The summed E-state index contributed by atoms with van der Waals surface area (Å²) in [6.07, 6.45) is 4.93. The number of hydrogen-bond donors (Lipinski definition) is 0. The molecule has 2 aromatic carbocycles. The number of benzene rings is 2. The summed E-state index contributed by atoms with van der Waals surface area (Å²) in [4.78, 5) is 14.2. The van der Waals surface area contributed by atoms with E-state index in [0.29, 0.717) is 17.9 Å². The normalized spacial score (nSPS) is 16.2. The molecular formula is C26H26ClFN6. The first kappa shape index (κ1) is 21.4. The lowest BCUT2D eigenvalue weighted by Gasteiger charge is -2.38. The van der Waals surface area contributed by atoms with E-state index in [1.165, 1.54) is 11.6 Å². The van der Waals surface area contributed by atoms with Crippen molar-refractivity contribution in [3.8, 4) is 0 Å². The number of anilines is 2. The van der Waals surface area contributed by atoms with Gasteiger partial charge in [0.2, 0.25) is 0 Å². The maximum atomic E-state index is 14.3. The molecule has 8 heteroatoms. The van der Waals surface area contributed by atoms with Gasteiger partial charge >= 0.3 is 0 Å². The van der Waals surface area contributed by atoms with Crippen LogP contribution in [-0.2, 0) is 19.3 Å². The van der Waals surface area contributed by atoms with E-state index in [-0.39, 0.29) is 5.82 Å². The second-order valence-corrected chi connectivity index (χ2v) is 9.47. The second-order valence-electron chi connectivity index (χ2n) is 9.04. The van der Waals surface area contributed by atoms with Gasteiger partial charge < -0.3 is 9.80 Å². The smallest absolute Gasteiger partial charge is 0.254 e. The van der Waals surface area contributed by atoms with Gasteiger partial charge in [-0.05, 0) is 55.5 Å². The fourth-order valence-corrected chi connectivity index (χ4v) is 5.24. The molecule has 0 saturated carbocycles. The molecule has 34 heavy (non-hydrogen) atoms. The molecule has 6 nitrogen and oxygen atoms in total. The fraction of sp³-hybridized carbons (Fsp3) is 0.346. The van der Waals surface area contributed by atoms with Gasteiger partial charge in [0, 0.05) is 43.2 Å². The van der Waals surface area contributed by atoms with Crippen LogP contribution in [0, 0.1) is 5.82 Å². The van der Waals surface area contributed by atoms with Crippen molar-refractivity contribution in [3.63, 3.8) is 0 Å². The number of piperazine rings is 1. The number of rotatable bonds is 4. The lowest BCUT2D eigenvalue weighted by molar-refractivity contribution is 0.587. The summed E-state index contributed by atoms with van der Waals surface area (Å²) < 4.78 is 16.3. The fourth-order valence-electron chi connectivity index (χ4n) is 5.11. The highest BCUT2D eigenvalue weighted by Gasteiger charge is 2.27. The van der Waals surface area contributed by atoms with Crippen molar-refractivity contribution in [1.82, 2.24) is 19.6 Å². The minimum Gasteiger partial charge on any atom is -0.366 e. The Balaban J connectivity index is 1.33. The molecule has 1 aliphatic heterocycles. The van der Waals surface area contributed by atoms with E-state index < -0.39 is 0 Å². The van der Waals surface area contributed by atoms with Gasteiger partial charge in [-0.15, -0.1) is 5.10 Å². The van der Waals surface area contributed by atoms with Gasteiger partial charge in [0.1, 0.15) is 11.6 Å². The minimum absolute atomic E-state index is 0.164. The average molecular weight is 477 g/mol. The molecule has 3 heterocycles. The van der Waals surface area contributed by atoms with E-state index in [4.69, 9.17) is 26.7 Å². The highest BCUT2D eigenvalue weighted by molar-refractivity contribution is 6.30. The molecule has 0 amide bonds. The summed E-state index contributed by atoms with van der Waals surface area (Å²) in [6.45, 7) is 3.11. The molecular weight excluding hydrogens is 451 g/mol. The summed E-state index contributed by atoms with van der Waals surface area (Å²) in [7, 11) is 0. The molecule has 0 unspecified atom stereocenters. The molecule has 6 rings (SSSR count). The third-order valence-electron chi connectivity index (χ3n) is 6.83. The SMILES string of the molecule is Fc1ccccc1N1CCN(c2c3c(nc4nc(Cc5ccc(Cl)cc5)nn24)CCCC3)CC1. The van der Waals surface area contributed by atoms with Crippen molar-refractivity contribution in [3.05, 3.63) is 82.0 Å². The predicted octanol–water partition coefficient (Wildman–Crippen LogP) is 4.71. The zero-order valence-electron chi connectivity index (χ0n) is 18.9. The molecule has 0 bridgehead atoms. The lowest BCUT2D eigenvalue weighted by atomic mass is 9.96. The Morgan fingerprint density at radius 2 is 1.59 bits per heavy atom. The Morgan fingerprint density at radius 3 is 2.38 bits per heavy atom. The first-order chi connectivity index (χ1) is 16.7. The van der Waals surface area contributed by atoms with Crippen LogP contribution < -0.4 is 9.80 Å². The van der Waals surface area contributed by atoms with Crippen LogP contribution in [0.15, 0.2) is 48.5 Å². The summed E-state index contributed by atoms with van der Waals surface area (Å²) in [5.74, 6) is 2.37. The monoisotopic (exact) mass is 476 g/mol.